The average molecular weight is 268 g/mol. The molecular weight excluding hydrogens is 236 g/mol. The van der Waals surface area contributed by atoms with Crippen molar-refractivity contribution in [3.8, 4) is 0 Å². The molecule has 0 bridgehead atoms. The van der Waals surface area contributed by atoms with Gasteiger partial charge in [-0.2, -0.15) is 0 Å². The lowest BCUT2D eigenvalue weighted by molar-refractivity contribution is 0.0884. The van der Waals surface area contributed by atoms with Gasteiger partial charge in [-0.3, -0.25) is 0 Å². The highest BCUT2D eigenvalue weighted by atomic mass is 16.5. The molecule has 1 heterocycles. The van der Waals surface area contributed by atoms with Crippen LogP contribution in [0.3, 0.4) is 0 Å². The fourth-order valence-electron chi connectivity index (χ4n) is 3.85. The van der Waals surface area contributed by atoms with Crippen LogP contribution in [-0.4, -0.2) is 50.3 Å². The Balaban J connectivity index is 1.92. The third kappa shape index (κ3) is 4.17. The van der Waals surface area contributed by atoms with E-state index in [9.17, 15) is 0 Å². The largest absolute Gasteiger partial charge is 0.380 e. The van der Waals surface area contributed by atoms with Crippen molar-refractivity contribution in [2.24, 2.45) is 11.3 Å². The maximum atomic E-state index is 5.53. The Kier molecular flexibility index (Phi) is 5.27. The molecule has 0 amide bonds. The second-order valence-electron chi connectivity index (χ2n) is 7.29. The molecular formula is C16H32N2O. The SMILES string of the molecule is CCNC1CCC(C)(C)CC1CN(C)C1CCOC1. The number of ether oxygens (including phenoxy) is 1. The maximum Gasteiger partial charge on any atom is 0.0622 e. The smallest absolute Gasteiger partial charge is 0.0622 e. The summed E-state index contributed by atoms with van der Waals surface area (Å²) in [5.74, 6) is 0.786. The summed E-state index contributed by atoms with van der Waals surface area (Å²) < 4.78 is 5.53. The van der Waals surface area contributed by atoms with Gasteiger partial charge in [0.25, 0.3) is 0 Å². The van der Waals surface area contributed by atoms with Gasteiger partial charge in [0.1, 0.15) is 0 Å². The number of nitrogens with one attached hydrogen (secondary N) is 1. The van der Waals surface area contributed by atoms with Crippen molar-refractivity contribution in [2.75, 3.05) is 33.4 Å². The highest BCUT2D eigenvalue weighted by Gasteiger charge is 2.35. The highest BCUT2D eigenvalue weighted by Crippen LogP contribution is 2.39. The van der Waals surface area contributed by atoms with Gasteiger partial charge < -0.3 is 15.0 Å². The zero-order valence-corrected chi connectivity index (χ0v) is 13.2. The molecule has 3 unspecified atom stereocenters. The lowest BCUT2D eigenvalue weighted by atomic mass is 9.69. The Bertz CT molecular complexity index is 274. The van der Waals surface area contributed by atoms with Gasteiger partial charge in [0.2, 0.25) is 0 Å². The van der Waals surface area contributed by atoms with E-state index in [0.29, 0.717) is 17.5 Å². The van der Waals surface area contributed by atoms with Crippen molar-refractivity contribution in [1.82, 2.24) is 10.2 Å². The summed E-state index contributed by atoms with van der Waals surface area (Å²) in [7, 11) is 2.28. The fraction of sp³-hybridized carbons (Fsp3) is 1.00. The average Bonchev–Trinajstić information content (AvgIpc) is 2.86. The summed E-state index contributed by atoms with van der Waals surface area (Å²) in [4.78, 5) is 2.55. The van der Waals surface area contributed by atoms with E-state index in [-0.39, 0.29) is 0 Å². The van der Waals surface area contributed by atoms with Crippen LogP contribution in [0.2, 0.25) is 0 Å². The number of nitrogens with zero attached hydrogens (tertiary/aromatic N) is 1. The van der Waals surface area contributed by atoms with Gasteiger partial charge in [-0.15, -0.1) is 0 Å². The number of hydrogen-bond acceptors (Lipinski definition) is 3. The van der Waals surface area contributed by atoms with E-state index < -0.39 is 0 Å². The molecule has 0 aromatic heterocycles. The Morgan fingerprint density at radius 1 is 1.32 bits per heavy atom. The maximum absolute atomic E-state index is 5.53. The van der Waals surface area contributed by atoms with E-state index in [1.54, 1.807) is 0 Å². The molecule has 2 rings (SSSR count). The molecule has 2 fully saturated rings. The van der Waals surface area contributed by atoms with Crippen molar-refractivity contribution in [1.29, 1.82) is 0 Å². The molecule has 0 aromatic rings. The molecule has 0 spiro atoms. The topological polar surface area (TPSA) is 24.5 Å². The summed E-state index contributed by atoms with van der Waals surface area (Å²) in [5, 5.41) is 3.71. The first-order valence-electron chi connectivity index (χ1n) is 8.03. The molecule has 1 N–H and O–H groups in total. The predicted molar refractivity (Wildman–Crippen MR) is 80.4 cm³/mol. The van der Waals surface area contributed by atoms with Gasteiger partial charge in [-0.1, -0.05) is 20.8 Å². The lowest BCUT2D eigenvalue weighted by Crippen LogP contribution is -2.48. The van der Waals surface area contributed by atoms with Gasteiger partial charge in [0.15, 0.2) is 0 Å². The van der Waals surface area contributed by atoms with E-state index >= 15 is 0 Å². The quantitative estimate of drug-likeness (QED) is 0.829. The normalized spacial score (nSPS) is 34.9. The molecule has 1 saturated carbocycles. The molecule has 1 aliphatic heterocycles. The molecule has 0 aromatic carbocycles. The van der Waals surface area contributed by atoms with Crippen LogP contribution in [0.4, 0.5) is 0 Å². The van der Waals surface area contributed by atoms with E-state index in [1.165, 1.54) is 32.2 Å². The molecule has 3 nitrogen and oxygen atoms in total. The summed E-state index contributed by atoms with van der Waals surface area (Å²) in [6.07, 6.45) is 5.25. The summed E-state index contributed by atoms with van der Waals surface area (Å²) in [6, 6.07) is 1.36. The summed E-state index contributed by atoms with van der Waals surface area (Å²) in [6.45, 7) is 11.3. The third-order valence-corrected chi connectivity index (χ3v) is 5.03. The van der Waals surface area contributed by atoms with Crippen molar-refractivity contribution in [3.05, 3.63) is 0 Å². The zero-order valence-electron chi connectivity index (χ0n) is 13.2. The second-order valence-corrected chi connectivity index (χ2v) is 7.29. The molecule has 112 valence electrons. The van der Waals surface area contributed by atoms with Gasteiger partial charge in [0.05, 0.1) is 6.61 Å². The van der Waals surface area contributed by atoms with E-state index in [1.807, 2.05) is 0 Å². The van der Waals surface area contributed by atoms with Crippen molar-refractivity contribution >= 4 is 0 Å². The standard InChI is InChI=1S/C16H32N2O/c1-5-17-15-6-8-16(2,3)10-13(15)11-18(4)14-7-9-19-12-14/h13-15,17H,5-12H2,1-4H3. The number of rotatable bonds is 5. The summed E-state index contributed by atoms with van der Waals surface area (Å²) >= 11 is 0. The Morgan fingerprint density at radius 2 is 2.11 bits per heavy atom. The second kappa shape index (κ2) is 6.55. The molecule has 1 aliphatic carbocycles. The first-order valence-corrected chi connectivity index (χ1v) is 8.03. The van der Waals surface area contributed by atoms with Crippen molar-refractivity contribution in [3.63, 3.8) is 0 Å². The number of likely N-dealkylation sites (N-methyl/N-ethyl adjacent to an activating group) is 1. The minimum absolute atomic E-state index is 0.517. The van der Waals surface area contributed by atoms with Crippen molar-refractivity contribution < 1.29 is 4.74 Å². The Morgan fingerprint density at radius 3 is 2.74 bits per heavy atom. The van der Waals surface area contributed by atoms with Crippen LogP contribution in [0, 0.1) is 11.3 Å². The molecule has 3 atom stereocenters. The molecule has 1 saturated heterocycles. The minimum Gasteiger partial charge on any atom is -0.380 e. The van der Waals surface area contributed by atoms with Gasteiger partial charge in [-0.25, -0.2) is 0 Å². The molecule has 2 aliphatic rings. The fourth-order valence-corrected chi connectivity index (χ4v) is 3.85. The monoisotopic (exact) mass is 268 g/mol. The zero-order chi connectivity index (χ0) is 13.9. The molecule has 0 radical (unpaired) electrons. The van der Waals surface area contributed by atoms with Crippen LogP contribution >= 0.6 is 0 Å². The van der Waals surface area contributed by atoms with E-state index in [2.05, 4.69) is 38.0 Å². The first kappa shape index (κ1) is 15.3. The van der Waals surface area contributed by atoms with E-state index in [4.69, 9.17) is 4.74 Å². The van der Waals surface area contributed by atoms with Gasteiger partial charge in [0, 0.05) is 25.2 Å². The van der Waals surface area contributed by atoms with Gasteiger partial charge in [-0.05, 0) is 50.6 Å². The van der Waals surface area contributed by atoms with Crippen LogP contribution in [0.15, 0.2) is 0 Å². The first-order chi connectivity index (χ1) is 9.02. The van der Waals surface area contributed by atoms with Crippen LogP contribution in [0.5, 0.6) is 0 Å². The third-order valence-electron chi connectivity index (χ3n) is 5.03. The van der Waals surface area contributed by atoms with Crippen LogP contribution < -0.4 is 5.32 Å². The van der Waals surface area contributed by atoms with Gasteiger partial charge >= 0.3 is 0 Å². The minimum atomic E-state index is 0.517. The summed E-state index contributed by atoms with van der Waals surface area (Å²) in [5.41, 5.74) is 0.517. The number of hydrogen-bond donors (Lipinski definition) is 1. The lowest BCUT2D eigenvalue weighted by Gasteiger charge is -2.43. The Hall–Kier alpha value is -0.120. The molecule has 19 heavy (non-hydrogen) atoms. The van der Waals surface area contributed by atoms with Crippen molar-refractivity contribution in [2.45, 2.75) is 58.5 Å². The van der Waals surface area contributed by atoms with Crippen LogP contribution in [0.25, 0.3) is 0 Å². The predicted octanol–water partition coefficient (Wildman–Crippen LogP) is 2.51. The highest BCUT2D eigenvalue weighted by molar-refractivity contribution is 4.90. The van der Waals surface area contributed by atoms with Crippen LogP contribution in [0.1, 0.15) is 46.5 Å². The molecule has 3 heteroatoms. The Labute approximate surface area is 119 Å². The van der Waals surface area contributed by atoms with E-state index in [0.717, 1.165) is 25.7 Å². The van der Waals surface area contributed by atoms with Crippen LogP contribution in [-0.2, 0) is 4.74 Å².